The van der Waals surface area contributed by atoms with Gasteiger partial charge in [-0.2, -0.15) is 0 Å². The van der Waals surface area contributed by atoms with Gasteiger partial charge in [-0.15, -0.1) is 0 Å². The Morgan fingerprint density at radius 3 is 1.60 bits per heavy atom. The number of aromatic nitrogens is 4. The summed E-state index contributed by atoms with van der Waals surface area (Å²) in [4.78, 5) is 15.5. The second-order valence-corrected chi connectivity index (χ2v) is 15.9. The molecule has 5 heteroatoms. The van der Waals surface area contributed by atoms with E-state index < -0.39 is 0 Å². The van der Waals surface area contributed by atoms with E-state index in [1.807, 2.05) is 24.3 Å². The quantitative estimate of drug-likeness (QED) is 0.161. The second kappa shape index (κ2) is 14.8. The summed E-state index contributed by atoms with van der Waals surface area (Å²) in [7, 11) is 0. The van der Waals surface area contributed by atoms with Crippen molar-refractivity contribution in [3.8, 4) is 79.0 Å². The average molecular weight is 795 g/mol. The number of rotatable bonds is 7. The Labute approximate surface area is 360 Å². The lowest BCUT2D eigenvalue weighted by Crippen LogP contribution is -2.14. The molecular formula is C57H38N4O. The molecule has 292 valence electrons. The van der Waals surface area contributed by atoms with Crippen LogP contribution < -0.4 is 4.74 Å². The fraction of sp³-hybridized carbons (Fsp3) is 0.0351. The Kier molecular flexibility index (Phi) is 8.56. The molecule has 2 atom stereocenters. The van der Waals surface area contributed by atoms with Crippen molar-refractivity contribution in [3.05, 3.63) is 229 Å². The summed E-state index contributed by atoms with van der Waals surface area (Å²) >= 11 is 0. The number of nitrogens with zero attached hydrogens (tertiary/aromatic N) is 4. The molecule has 0 fully saturated rings. The van der Waals surface area contributed by atoms with Crippen LogP contribution in [0.1, 0.15) is 28.8 Å². The summed E-state index contributed by atoms with van der Waals surface area (Å²) in [6.45, 7) is 0. The van der Waals surface area contributed by atoms with Gasteiger partial charge in [0.25, 0.3) is 0 Å². The first-order valence-electron chi connectivity index (χ1n) is 21.1. The van der Waals surface area contributed by atoms with E-state index in [4.69, 9.17) is 19.7 Å². The molecule has 0 spiro atoms. The maximum absolute atomic E-state index is 7.04. The molecule has 2 aromatic heterocycles. The third kappa shape index (κ3) is 6.13. The molecule has 0 radical (unpaired) electrons. The van der Waals surface area contributed by atoms with Crippen LogP contribution in [0.2, 0.25) is 0 Å². The highest BCUT2D eigenvalue weighted by Gasteiger charge is 2.42. The molecule has 8 aromatic carbocycles. The number of fused-ring (bicyclic) bond motifs is 7. The predicted octanol–water partition coefficient (Wildman–Crippen LogP) is 14.1. The lowest BCUT2D eigenvalue weighted by molar-refractivity contribution is 0.224. The largest absolute Gasteiger partial charge is 0.484 e. The summed E-state index contributed by atoms with van der Waals surface area (Å²) in [6.07, 6.45) is 4.37. The van der Waals surface area contributed by atoms with E-state index in [0.717, 1.165) is 56.0 Å². The van der Waals surface area contributed by atoms with Crippen molar-refractivity contribution in [1.82, 2.24) is 19.5 Å². The summed E-state index contributed by atoms with van der Waals surface area (Å²) in [5.41, 5.74) is 15.5. The van der Waals surface area contributed by atoms with E-state index >= 15 is 0 Å². The predicted molar refractivity (Wildman–Crippen MR) is 251 cm³/mol. The van der Waals surface area contributed by atoms with Crippen molar-refractivity contribution in [3.63, 3.8) is 0 Å². The lowest BCUT2D eigenvalue weighted by atomic mass is 9.83. The van der Waals surface area contributed by atoms with E-state index in [1.54, 1.807) is 0 Å². The minimum atomic E-state index is -0.227. The highest BCUT2D eigenvalue weighted by atomic mass is 16.5. The maximum Gasteiger partial charge on any atom is 0.164 e. The first-order valence-corrected chi connectivity index (χ1v) is 21.1. The minimum absolute atomic E-state index is 0.0472. The molecular weight excluding hydrogens is 757 g/mol. The Bertz CT molecular complexity index is 3320. The first kappa shape index (κ1) is 35.8. The topological polar surface area (TPSA) is 52.8 Å². The van der Waals surface area contributed by atoms with Crippen molar-refractivity contribution in [2.24, 2.45) is 0 Å². The van der Waals surface area contributed by atoms with Crippen LogP contribution in [0.4, 0.5) is 0 Å². The number of para-hydroxylation sites is 1. The van der Waals surface area contributed by atoms with Gasteiger partial charge in [0.2, 0.25) is 0 Å². The molecule has 0 saturated carbocycles. The fourth-order valence-electron chi connectivity index (χ4n) is 9.33. The Hall–Kier alpha value is -8.15. The molecule has 3 heterocycles. The zero-order chi connectivity index (χ0) is 41.0. The van der Waals surface area contributed by atoms with E-state index in [1.165, 1.54) is 33.2 Å². The van der Waals surface area contributed by atoms with Crippen molar-refractivity contribution in [2.45, 2.75) is 12.0 Å². The first-order chi connectivity index (χ1) is 30.7. The minimum Gasteiger partial charge on any atom is -0.484 e. The van der Waals surface area contributed by atoms with E-state index in [-0.39, 0.29) is 12.0 Å². The zero-order valence-electron chi connectivity index (χ0n) is 33.6. The summed E-state index contributed by atoms with van der Waals surface area (Å²) in [6, 6.07) is 72.2. The molecule has 0 amide bonds. The lowest BCUT2D eigenvalue weighted by Gasteiger charge is -2.23. The molecule has 1 aliphatic carbocycles. The van der Waals surface area contributed by atoms with Gasteiger partial charge in [0, 0.05) is 44.8 Å². The van der Waals surface area contributed by atoms with Crippen LogP contribution in [0.3, 0.4) is 0 Å². The molecule has 1 aliphatic heterocycles. The van der Waals surface area contributed by atoms with Crippen LogP contribution in [-0.4, -0.2) is 19.5 Å². The SMILES string of the molecule is C1=CC2c3c(cccc3-c3nc(-c4ccccc4)nc(-c4cccc(-c5ccccc5)c4)n3)OC2c2c1n(-c1ccc(-c3cccc(-c4ccccc4)c3)cc1)c1ccccc21. The Balaban J connectivity index is 0.939. The number of benzene rings is 8. The Morgan fingerprint density at radius 1 is 0.403 bits per heavy atom. The van der Waals surface area contributed by atoms with Crippen molar-refractivity contribution >= 4 is 17.0 Å². The van der Waals surface area contributed by atoms with Gasteiger partial charge in [0.1, 0.15) is 11.9 Å². The highest BCUT2D eigenvalue weighted by Crippen LogP contribution is 2.55. The van der Waals surface area contributed by atoms with Crippen LogP contribution >= 0.6 is 0 Å². The van der Waals surface area contributed by atoms with Crippen molar-refractivity contribution < 1.29 is 4.74 Å². The number of ether oxygens (including phenoxy) is 1. The molecule has 5 nitrogen and oxygen atoms in total. The molecule has 62 heavy (non-hydrogen) atoms. The molecule has 0 N–H and O–H groups in total. The average Bonchev–Trinajstić information content (AvgIpc) is 3.91. The third-order valence-corrected chi connectivity index (χ3v) is 12.2. The van der Waals surface area contributed by atoms with Gasteiger partial charge in [-0.1, -0.05) is 176 Å². The molecule has 0 saturated heterocycles. The number of hydrogen-bond acceptors (Lipinski definition) is 4. The second-order valence-electron chi connectivity index (χ2n) is 15.9. The third-order valence-electron chi connectivity index (χ3n) is 12.2. The van der Waals surface area contributed by atoms with Crippen LogP contribution in [0.15, 0.2) is 212 Å². The molecule has 2 unspecified atom stereocenters. The highest BCUT2D eigenvalue weighted by molar-refractivity contribution is 5.92. The smallest absolute Gasteiger partial charge is 0.164 e. The van der Waals surface area contributed by atoms with Crippen LogP contribution in [0.25, 0.3) is 90.2 Å². The normalized spacial score (nSPS) is 14.8. The molecule has 2 aliphatic rings. The van der Waals surface area contributed by atoms with Gasteiger partial charge < -0.3 is 9.30 Å². The van der Waals surface area contributed by atoms with E-state index in [9.17, 15) is 0 Å². The summed E-state index contributed by atoms with van der Waals surface area (Å²) < 4.78 is 9.42. The number of hydrogen-bond donors (Lipinski definition) is 0. The van der Waals surface area contributed by atoms with Gasteiger partial charge >= 0.3 is 0 Å². The maximum atomic E-state index is 7.04. The van der Waals surface area contributed by atoms with Crippen LogP contribution in [-0.2, 0) is 0 Å². The monoisotopic (exact) mass is 794 g/mol. The van der Waals surface area contributed by atoms with E-state index in [0.29, 0.717) is 17.5 Å². The standard InChI is InChI=1S/C57H38N4O/c1-4-15-37(16-5-1)41-21-12-22-42(35-41)39-29-31-45(32-30-39)61-49-27-11-10-25-46(49)53-50(61)34-33-47-52-48(26-14-28-51(52)62-54(47)53)57-59-55(40-19-8-3-9-20-40)58-56(60-57)44-24-13-23-43(36-44)38-17-6-2-7-18-38/h1-36,47,54H. The van der Waals surface area contributed by atoms with Gasteiger partial charge in [-0.25, -0.2) is 15.0 Å². The summed E-state index contributed by atoms with van der Waals surface area (Å²) in [5, 5.41) is 1.18. The molecule has 12 rings (SSSR count). The van der Waals surface area contributed by atoms with Gasteiger partial charge in [0.15, 0.2) is 17.5 Å². The Morgan fingerprint density at radius 2 is 0.919 bits per heavy atom. The molecule has 0 bridgehead atoms. The summed E-state index contributed by atoms with van der Waals surface area (Å²) in [5.74, 6) is 2.68. The van der Waals surface area contributed by atoms with Crippen LogP contribution in [0, 0.1) is 0 Å². The molecule has 10 aromatic rings. The van der Waals surface area contributed by atoms with Gasteiger partial charge in [0.05, 0.1) is 11.2 Å². The zero-order valence-corrected chi connectivity index (χ0v) is 33.6. The van der Waals surface area contributed by atoms with Gasteiger partial charge in [-0.05, 0) is 75.9 Å². The van der Waals surface area contributed by atoms with Crippen molar-refractivity contribution in [1.29, 1.82) is 0 Å². The van der Waals surface area contributed by atoms with Gasteiger partial charge in [-0.3, -0.25) is 0 Å². The fourth-order valence-corrected chi connectivity index (χ4v) is 9.33. The van der Waals surface area contributed by atoms with E-state index in [2.05, 4.69) is 199 Å². The van der Waals surface area contributed by atoms with Crippen LogP contribution in [0.5, 0.6) is 5.75 Å². The van der Waals surface area contributed by atoms with Crippen molar-refractivity contribution in [2.75, 3.05) is 0 Å².